The van der Waals surface area contributed by atoms with E-state index in [2.05, 4.69) is 10.3 Å². The van der Waals surface area contributed by atoms with E-state index in [1.54, 1.807) is 0 Å². The molecule has 1 amide bonds. The van der Waals surface area contributed by atoms with E-state index in [0.29, 0.717) is 13.0 Å². The summed E-state index contributed by atoms with van der Waals surface area (Å²) >= 11 is 0. The molecule has 0 bridgehead atoms. The van der Waals surface area contributed by atoms with Crippen LogP contribution < -0.4 is 10.9 Å². The largest absolute Gasteiger partial charge is 0.507 e. The van der Waals surface area contributed by atoms with Gasteiger partial charge in [-0.05, 0) is 6.42 Å². The third kappa shape index (κ3) is 3.10. The number of aromatic nitrogens is 1. The second kappa shape index (κ2) is 5.16. The zero-order valence-electron chi connectivity index (χ0n) is 7.99. The lowest BCUT2D eigenvalue weighted by Crippen LogP contribution is -2.25. The fraction of sp³-hybridized carbons (Fsp3) is 0.333. The van der Waals surface area contributed by atoms with E-state index >= 15 is 0 Å². The quantitative estimate of drug-likeness (QED) is 0.490. The summed E-state index contributed by atoms with van der Waals surface area (Å²) in [4.78, 5) is 24.4. The van der Waals surface area contributed by atoms with Crippen molar-refractivity contribution in [2.75, 3.05) is 13.2 Å². The van der Waals surface area contributed by atoms with Gasteiger partial charge in [-0.1, -0.05) is 0 Å². The first-order valence-electron chi connectivity index (χ1n) is 4.46. The number of aliphatic hydroxyl groups is 1. The zero-order chi connectivity index (χ0) is 11.3. The molecule has 0 unspecified atom stereocenters. The maximum Gasteiger partial charge on any atom is 0.256 e. The monoisotopic (exact) mass is 212 g/mol. The van der Waals surface area contributed by atoms with Crippen molar-refractivity contribution in [2.24, 2.45) is 0 Å². The zero-order valence-corrected chi connectivity index (χ0v) is 7.99. The third-order valence-electron chi connectivity index (χ3n) is 1.77. The van der Waals surface area contributed by atoms with Crippen molar-refractivity contribution in [1.82, 2.24) is 10.3 Å². The summed E-state index contributed by atoms with van der Waals surface area (Å²) in [5, 5.41) is 20.3. The summed E-state index contributed by atoms with van der Waals surface area (Å²) in [7, 11) is 0. The maximum atomic E-state index is 11.4. The lowest BCUT2D eigenvalue weighted by molar-refractivity contribution is 0.0948. The Bertz CT molecular complexity index is 399. The Hall–Kier alpha value is -1.82. The van der Waals surface area contributed by atoms with Crippen molar-refractivity contribution in [1.29, 1.82) is 0 Å². The first kappa shape index (κ1) is 11.3. The van der Waals surface area contributed by atoms with Crippen LogP contribution in [0.1, 0.15) is 16.8 Å². The predicted molar refractivity (Wildman–Crippen MR) is 52.8 cm³/mol. The molecule has 0 aromatic carbocycles. The molecule has 0 fully saturated rings. The van der Waals surface area contributed by atoms with Gasteiger partial charge >= 0.3 is 0 Å². The Morgan fingerprint density at radius 3 is 2.87 bits per heavy atom. The van der Waals surface area contributed by atoms with Crippen molar-refractivity contribution in [2.45, 2.75) is 6.42 Å². The maximum absolute atomic E-state index is 11.4. The van der Waals surface area contributed by atoms with Gasteiger partial charge in [-0.25, -0.2) is 0 Å². The van der Waals surface area contributed by atoms with Gasteiger partial charge in [0.25, 0.3) is 11.5 Å². The molecule has 0 saturated carbocycles. The summed E-state index contributed by atoms with van der Waals surface area (Å²) in [6.45, 7) is 0.297. The third-order valence-corrected chi connectivity index (χ3v) is 1.77. The van der Waals surface area contributed by atoms with E-state index in [9.17, 15) is 14.7 Å². The molecule has 1 rings (SSSR count). The molecule has 4 N–H and O–H groups in total. The number of hydrogen-bond donors (Lipinski definition) is 4. The molecule has 0 spiro atoms. The number of hydrogen-bond acceptors (Lipinski definition) is 4. The molecule has 6 nitrogen and oxygen atoms in total. The lowest BCUT2D eigenvalue weighted by Gasteiger charge is -2.04. The minimum atomic E-state index is -0.489. The Morgan fingerprint density at radius 2 is 2.27 bits per heavy atom. The number of nitrogens with one attached hydrogen (secondary N) is 2. The number of aromatic amines is 1. The number of carbonyl (C=O) groups is 1. The van der Waals surface area contributed by atoms with Gasteiger partial charge in [0.2, 0.25) is 0 Å². The molecule has 0 radical (unpaired) electrons. The Kier molecular flexibility index (Phi) is 3.87. The average Bonchev–Trinajstić information content (AvgIpc) is 2.17. The summed E-state index contributed by atoms with van der Waals surface area (Å²) in [6.07, 6.45) is 1.59. The normalized spacial score (nSPS) is 9.93. The minimum Gasteiger partial charge on any atom is -0.507 e. The number of pyridine rings is 1. The molecular weight excluding hydrogens is 200 g/mol. The summed E-state index contributed by atoms with van der Waals surface area (Å²) < 4.78 is 0. The molecule has 1 heterocycles. The van der Waals surface area contributed by atoms with Crippen LogP contribution in [-0.4, -0.2) is 34.3 Å². The molecule has 1 aromatic rings. The number of carbonyl (C=O) groups excluding carboxylic acids is 1. The van der Waals surface area contributed by atoms with E-state index in [4.69, 9.17) is 5.11 Å². The molecule has 1 aromatic heterocycles. The van der Waals surface area contributed by atoms with Crippen molar-refractivity contribution in [3.63, 3.8) is 0 Å². The van der Waals surface area contributed by atoms with Crippen LogP contribution >= 0.6 is 0 Å². The van der Waals surface area contributed by atoms with Crippen LogP contribution in [0.5, 0.6) is 5.75 Å². The molecule has 0 saturated heterocycles. The minimum absolute atomic E-state index is 0.00698. The molecular formula is C9H12N2O4. The Morgan fingerprint density at radius 1 is 1.53 bits per heavy atom. The van der Waals surface area contributed by atoms with Gasteiger partial charge in [0.15, 0.2) is 0 Å². The summed E-state index contributed by atoms with van der Waals surface area (Å²) in [6, 6.07) is 0.932. The highest BCUT2D eigenvalue weighted by Gasteiger charge is 2.10. The predicted octanol–water partition coefficient (Wildman–Crippen LogP) is -0.807. The molecule has 0 aliphatic carbocycles. The molecule has 0 aliphatic heterocycles. The number of aliphatic hydroxyl groups excluding tert-OH is 1. The Labute approximate surface area is 85.6 Å². The summed E-state index contributed by atoms with van der Waals surface area (Å²) in [5.74, 6) is -0.850. The first-order chi connectivity index (χ1) is 7.15. The number of H-pyrrole nitrogens is 1. The van der Waals surface area contributed by atoms with Crippen LogP contribution in [0.3, 0.4) is 0 Å². The van der Waals surface area contributed by atoms with E-state index < -0.39 is 11.5 Å². The van der Waals surface area contributed by atoms with Gasteiger partial charge in [-0.3, -0.25) is 9.59 Å². The highest BCUT2D eigenvalue weighted by molar-refractivity contribution is 5.96. The summed E-state index contributed by atoms with van der Waals surface area (Å²) in [5.41, 5.74) is -0.466. The van der Waals surface area contributed by atoms with Gasteiger partial charge in [0.05, 0.1) is 5.56 Å². The Balaban J connectivity index is 2.69. The molecule has 0 aliphatic rings. The van der Waals surface area contributed by atoms with Crippen LogP contribution in [0.25, 0.3) is 0 Å². The van der Waals surface area contributed by atoms with Gasteiger partial charge < -0.3 is 20.5 Å². The van der Waals surface area contributed by atoms with Crippen molar-refractivity contribution < 1.29 is 15.0 Å². The van der Waals surface area contributed by atoms with Gasteiger partial charge in [0.1, 0.15) is 5.75 Å². The highest BCUT2D eigenvalue weighted by atomic mass is 16.3. The van der Waals surface area contributed by atoms with Crippen LogP contribution in [-0.2, 0) is 0 Å². The van der Waals surface area contributed by atoms with Crippen LogP contribution in [0.2, 0.25) is 0 Å². The van der Waals surface area contributed by atoms with Crippen LogP contribution in [0.4, 0.5) is 0 Å². The lowest BCUT2D eigenvalue weighted by atomic mass is 10.2. The molecule has 6 heteroatoms. The molecule has 82 valence electrons. The van der Waals surface area contributed by atoms with Crippen molar-refractivity contribution >= 4 is 5.91 Å². The topological polar surface area (TPSA) is 102 Å². The van der Waals surface area contributed by atoms with Crippen molar-refractivity contribution in [3.8, 4) is 5.75 Å². The smallest absolute Gasteiger partial charge is 0.256 e. The number of rotatable bonds is 4. The molecule has 0 atom stereocenters. The fourth-order valence-corrected chi connectivity index (χ4v) is 1.02. The standard InChI is InChI=1S/C9H12N2O4/c12-3-1-2-10-9(15)6-5-11-8(14)4-7(6)13/h4-5,12H,1-3H2,(H,10,15)(H2,11,13,14). The van der Waals surface area contributed by atoms with E-state index in [1.807, 2.05) is 0 Å². The van der Waals surface area contributed by atoms with Crippen LogP contribution in [0, 0.1) is 0 Å². The van der Waals surface area contributed by atoms with E-state index in [0.717, 1.165) is 12.3 Å². The van der Waals surface area contributed by atoms with E-state index in [1.165, 1.54) is 0 Å². The average molecular weight is 212 g/mol. The van der Waals surface area contributed by atoms with Gasteiger partial charge in [0, 0.05) is 25.4 Å². The van der Waals surface area contributed by atoms with E-state index in [-0.39, 0.29) is 17.9 Å². The van der Waals surface area contributed by atoms with Crippen molar-refractivity contribution in [3.05, 3.63) is 28.2 Å². The van der Waals surface area contributed by atoms with Gasteiger partial charge in [-0.15, -0.1) is 0 Å². The number of amides is 1. The number of aromatic hydroxyl groups is 1. The SMILES string of the molecule is O=C(NCCCO)c1c[nH]c(=O)cc1O. The van der Waals surface area contributed by atoms with Crippen LogP contribution in [0.15, 0.2) is 17.1 Å². The fourth-order valence-electron chi connectivity index (χ4n) is 1.02. The second-order valence-electron chi connectivity index (χ2n) is 2.93. The molecule has 15 heavy (non-hydrogen) atoms. The van der Waals surface area contributed by atoms with Gasteiger partial charge in [-0.2, -0.15) is 0 Å². The second-order valence-corrected chi connectivity index (χ2v) is 2.93. The highest BCUT2D eigenvalue weighted by Crippen LogP contribution is 2.11. The first-order valence-corrected chi connectivity index (χ1v) is 4.46.